The first-order valence-electron chi connectivity index (χ1n) is 5.65. The number of aryl methyl sites for hydroxylation is 1. The van der Waals surface area contributed by atoms with Crippen LogP contribution in [0.25, 0.3) is 0 Å². The molecule has 0 bridgehead atoms. The Bertz CT molecular complexity index is 522. The molecule has 1 aliphatic heterocycles. The fourth-order valence-electron chi connectivity index (χ4n) is 2.12. The van der Waals surface area contributed by atoms with E-state index in [2.05, 4.69) is 26.2 Å². The molecule has 9 heteroatoms. The van der Waals surface area contributed by atoms with Crippen LogP contribution in [-0.2, 0) is 17.1 Å². The molecule has 0 spiro atoms. The van der Waals surface area contributed by atoms with Crippen molar-refractivity contribution in [2.75, 3.05) is 13.1 Å². The molecule has 0 amide bonds. The standard InChI is InChI=1S/C9H16BrN5O2S/c1-6(11)7-3-4-15(5-7)18(16,17)9-8(10)12-13-14(9)2/h6-7H,3-5,11H2,1-2H3. The van der Waals surface area contributed by atoms with Crippen LogP contribution in [0, 0.1) is 5.92 Å². The molecule has 2 atom stereocenters. The summed E-state index contributed by atoms with van der Waals surface area (Å²) in [6.07, 6.45) is 0.791. The van der Waals surface area contributed by atoms with Gasteiger partial charge in [0.15, 0.2) is 4.60 Å². The van der Waals surface area contributed by atoms with Gasteiger partial charge in [0.1, 0.15) is 0 Å². The average Bonchev–Trinajstić information content (AvgIpc) is 2.85. The summed E-state index contributed by atoms with van der Waals surface area (Å²) in [5.74, 6) is 0.208. The van der Waals surface area contributed by atoms with E-state index >= 15 is 0 Å². The summed E-state index contributed by atoms with van der Waals surface area (Å²) >= 11 is 3.12. The van der Waals surface area contributed by atoms with E-state index in [1.165, 1.54) is 8.99 Å². The maximum Gasteiger partial charge on any atom is 0.263 e. The van der Waals surface area contributed by atoms with Crippen molar-refractivity contribution in [2.45, 2.75) is 24.4 Å². The molecule has 18 heavy (non-hydrogen) atoms. The van der Waals surface area contributed by atoms with Gasteiger partial charge in [0, 0.05) is 26.2 Å². The van der Waals surface area contributed by atoms with E-state index in [1.807, 2.05) is 6.92 Å². The van der Waals surface area contributed by atoms with Crippen molar-refractivity contribution in [3.05, 3.63) is 4.60 Å². The summed E-state index contributed by atoms with van der Waals surface area (Å²) in [5.41, 5.74) is 5.82. The normalized spacial score (nSPS) is 23.4. The maximum absolute atomic E-state index is 12.5. The average molecular weight is 338 g/mol. The molecule has 2 unspecified atom stereocenters. The third-order valence-electron chi connectivity index (χ3n) is 3.25. The van der Waals surface area contributed by atoms with Crippen molar-refractivity contribution < 1.29 is 8.42 Å². The quantitative estimate of drug-likeness (QED) is 0.833. The minimum Gasteiger partial charge on any atom is -0.328 e. The Labute approximate surface area is 115 Å². The van der Waals surface area contributed by atoms with Gasteiger partial charge in [0.05, 0.1) is 0 Å². The second-order valence-corrected chi connectivity index (χ2v) is 7.18. The topological polar surface area (TPSA) is 94.1 Å². The van der Waals surface area contributed by atoms with Crippen LogP contribution >= 0.6 is 15.9 Å². The molecule has 1 aliphatic rings. The van der Waals surface area contributed by atoms with E-state index in [0.29, 0.717) is 13.1 Å². The molecule has 2 N–H and O–H groups in total. The van der Waals surface area contributed by atoms with Gasteiger partial charge in [0.2, 0.25) is 5.03 Å². The Hall–Kier alpha value is -0.510. The summed E-state index contributed by atoms with van der Waals surface area (Å²) in [6.45, 7) is 2.85. The molecule has 1 aromatic heterocycles. The summed E-state index contributed by atoms with van der Waals surface area (Å²) < 4.78 is 27.9. The SMILES string of the molecule is CC(N)C1CCN(S(=O)(=O)c2c(Br)nnn2C)C1. The minimum atomic E-state index is -3.55. The number of hydrogen-bond acceptors (Lipinski definition) is 5. The fraction of sp³-hybridized carbons (Fsp3) is 0.778. The molecule has 7 nitrogen and oxygen atoms in total. The van der Waals surface area contributed by atoms with Gasteiger partial charge >= 0.3 is 0 Å². The van der Waals surface area contributed by atoms with Crippen molar-refractivity contribution in [3.63, 3.8) is 0 Å². The van der Waals surface area contributed by atoms with Gasteiger partial charge < -0.3 is 5.73 Å². The van der Waals surface area contributed by atoms with Gasteiger partial charge in [-0.15, -0.1) is 5.10 Å². The van der Waals surface area contributed by atoms with Gasteiger partial charge in [-0.1, -0.05) is 5.21 Å². The fourth-order valence-corrected chi connectivity index (χ4v) is 4.66. The molecular formula is C9H16BrN5O2S. The smallest absolute Gasteiger partial charge is 0.263 e. The molecule has 0 radical (unpaired) electrons. The zero-order valence-electron chi connectivity index (χ0n) is 10.2. The lowest BCUT2D eigenvalue weighted by Crippen LogP contribution is -2.34. The second-order valence-electron chi connectivity index (χ2n) is 4.58. The van der Waals surface area contributed by atoms with Crippen molar-refractivity contribution in [1.82, 2.24) is 19.3 Å². The Kier molecular flexibility index (Phi) is 3.77. The number of aromatic nitrogens is 3. The van der Waals surface area contributed by atoms with E-state index in [-0.39, 0.29) is 21.6 Å². The van der Waals surface area contributed by atoms with Crippen molar-refractivity contribution in [1.29, 1.82) is 0 Å². The number of rotatable bonds is 3. The molecule has 102 valence electrons. The highest BCUT2D eigenvalue weighted by molar-refractivity contribution is 9.10. The van der Waals surface area contributed by atoms with Gasteiger partial charge in [0.25, 0.3) is 10.0 Å². The predicted molar refractivity (Wildman–Crippen MR) is 69.2 cm³/mol. The number of sulfonamides is 1. The van der Waals surface area contributed by atoms with E-state index in [4.69, 9.17) is 5.73 Å². The summed E-state index contributed by atoms with van der Waals surface area (Å²) in [7, 11) is -2.00. The number of nitrogens with zero attached hydrogens (tertiary/aromatic N) is 4. The molecular weight excluding hydrogens is 322 g/mol. The van der Waals surface area contributed by atoms with E-state index in [0.717, 1.165) is 6.42 Å². The summed E-state index contributed by atoms with van der Waals surface area (Å²) in [4.78, 5) is 0. The largest absolute Gasteiger partial charge is 0.328 e. The third-order valence-corrected chi connectivity index (χ3v) is 6.01. The summed E-state index contributed by atoms with van der Waals surface area (Å²) in [5, 5.41) is 7.49. The van der Waals surface area contributed by atoms with Crippen LogP contribution in [0.1, 0.15) is 13.3 Å². The van der Waals surface area contributed by atoms with Crippen LogP contribution in [0.5, 0.6) is 0 Å². The van der Waals surface area contributed by atoms with E-state index in [1.54, 1.807) is 7.05 Å². The van der Waals surface area contributed by atoms with Crippen LogP contribution in [0.2, 0.25) is 0 Å². The Morgan fingerprint density at radius 1 is 1.56 bits per heavy atom. The highest BCUT2D eigenvalue weighted by atomic mass is 79.9. The lowest BCUT2D eigenvalue weighted by molar-refractivity contribution is 0.424. The lowest BCUT2D eigenvalue weighted by Gasteiger charge is -2.17. The van der Waals surface area contributed by atoms with Crippen LogP contribution in [0.3, 0.4) is 0 Å². The summed E-state index contributed by atoms with van der Waals surface area (Å²) in [6, 6.07) is -0.00157. The van der Waals surface area contributed by atoms with Crippen LogP contribution in [0.15, 0.2) is 9.63 Å². The number of nitrogens with two attached hydrogens (primary N) is 1. The lowest BCUT2D eigenvalue weighted by atomic mass is 10.0. The molecule has 0 saturated carbocycles. The van der Waals surface area contributed by atoms with Gasteiger partial charge in [-0.25, -0.2) is 13.1 Å². The Balaban J connectivity index is 2.29. The molecule has 2 rings (SSSR count). The van der Waals surface area contributed by atoms with Crippen molar-refractivity contribution in [2.24, 2.45) is 18.7 Å². The monoisotopic (exact) mass is 337 g/mol. The second kappa shape index (κ2) is 4.87. The first-order chi connectivity index (χ1) is 8.34. The highest BCUT2D eigenvalue weighted by Crippen LogP contribution is 2.28. The minimum absolute atomic E-state index is 0.00157. The molecule has 1 saturated heterocycles. The molecule has 1 aromatic rings. The first kappa shape index (κ1) is 13.9. The van der Waals surface area contributed by atoms with Crippen LogP contribution < -0.4 is 5.73 Å². The predicted octanol–water partition coefficient (Wildman–Crippen LogP) is -0.0646. The molecule has 1 fully saturated rings. The third kappa shape index (κ3) is 2.31. The van der Waals surface area contributed by atoms with E-state index in [9.17, 15) is 8.42 Å². The maximum atomic E-state index is 12.5. The first-order valence-corrected chi connectivity index (χ1v) is 7.88. The molecule has 0 aliphatic carbocycles. The Morgan fingerprint density at radius 3 is 2.67 bits per heavy atom. The van der Waals surface area contributed by atoms with Crippen molar-refractivity contribution in [3.8, 4) is 0 Å². The number of halogens is 1. The van der Waals surface area contributed by atoms with Gasteiger partial charge in [-0.3, -0.25) is 0 Å². The van der Waals surface area contributed by atoms with Crippen LogP contribution in [-0.4, -0.2) is 46.8 Å². The zero-order chi connectivity index (χ0) is 13.5. The van der Waals surface area contributed by atoms with Crippen molar-refractivity contribution >= 4 is 26.0 Å². The zero-order valence-corrected chi connectivity index (χ0v) is 12.6. The number of hydrogen-bond donors (Lipinski definition) is 1. The molecule has 0 aromatic carbocycles. The highest BCUT2D eigenvalue weighted by Gasteiger charge is 2.37. The van der Waals surface area contributed by atoms with Gasteiger partial charge in [-0.05, 0) is 35.2 Å². The molecule has 2 heterocycles. The van der Waals surface area contributed by atoms with Gasteiger partial charge in [-0.2, -0.15) is 4.31 Å². The van der Waals surface area contributed by atoms with E-state index < -0.39 is 10.0 Å². The van der Waals surface area contributed by atoms with Crippen LogP contribution in [0.4, 0.5) is 0 Å². The Morgan fingerprint density at radius 2 is 2.22 bits per heavy atom.